The van der Waals surface area contributed by atoms with E-state index >= 15 is 0 Å². The molecular formula is C20H15N5O3. The molecule has 3 aromatic heterocycles. The Morgan fingerprint density at radius 1 is 1.11 bits per heavy atom. The Labute approximate surface area is 158 Å². The van der Waals surface area contributed by atoms with E-state index in [-0.39, 0.29) is 17.1 Å². The third kappa shape index (κ3) is 2.17. The number of fused-ring (bicyclic) bond motifs is 3. The first kappa shape index (κ1) is 15.4. The molecule has 0 amide bonds. The summed E-state index contributed by atoms with van der Waals surface area (Å²) in [6, 6.07) is 9.57. The maximum Gasteiger partial charge on any atom is 0.332 e. The Hall–Kier alpha value is -3.68. The van der Waals surface area contributed by atoms with Gasteiger partial charge in [0.2, 0.25) is 0 Å². The van der Waals surface area contributed by atoms with E-state index in [9.17, 15) is 4.79 Å². The number of aromatic nitrogens is 5. The summed E-state index contributed by atoms with van der Waals surface area (Å²) in [5.41, 5.74) is 2.61. The minimum Gasteiger partial charge on any atom is -0.492 e. The Kier molecular flexibility index (Phi) is 2.98. The van der Waals surface area contributed by atoms with Gasteiger partial charge in [0.1, 0.15) is 11.5 Å². The van der Waals surface area contributed by atoms with Crippen molar-refractivity contribution >= 4 is 11.2 Å². The maximum atomic E-state index is 12.3. The highest BCUT2D eigenvalue weighted by Gasteiger charge is 2.52. The second-order valence-corrected chi connectivity index (χ2v) is 7.16. The molecule has 0 atom stereocenters. The minimum atomic E-state index is -0.292. The lowest BCUT2D eigenvalue weighted by Crippen LogP contribution is -2.15. The van der Waals surface area contributed by atoms with Crippen LogP contribution in [0.4, 0.5) is 0 Å². The smallest absolute Gasteiger partial charge is 0.332 e. The standard InChI is InChI=1S/C20H15N5O3/c26-19-24-13-3-2-8-21-17(13)25(19)12-9-22-18(23-10-12)28-15-5-1-4-14-16(15)20(6-7-20)11-27-14/h1-5,8-10H,6-7,11H2,(H,24,26). The van der Waals surface area contributed by atoms with Gasteiger partial charge in [-0.05, 0) is 37.1 Å². The zero-order valence-corrected chi connectivity index (χ0v) is 14.8. The van der Waals surface area contributed by atoms with Crippen molar-refractivity contribution in [1.82, 2.24) is 24.5 Å². The lowest BCUT2D eigenvalue weighted by atomic mass is 9.97. The van der Waals surface area contributed by atoms with Crippen molar-refractivity contribution < 1.29 is 9.47 Å². The first-order valence-corrected chi connectivity index (χ1v) is 9.06. The summed E-state index contributed by atoms with van der Waals surface area (Å²) >= 11 is 0. The highest BCUT2D eigenvalue weighted by atomic mass is 16.5. The molecule has 0 radical (unpaired) electrons. The molecule has 8 nitrogen and oxygen atoms in total. The van der Waals surface area contributed by atoms with Gasteiger partial charge in [-0.25, -0.2) is 24.3 Å². The monoisotopic (exact) mass is 373 g/mol. The second-order valence-electron chi connectivity index (χ2n) is 7.16. The van der Waals surface area contributed by atoms with E-state index in [0.717, 1.165) is 29.9 Å². The van der Waals surface area contributed by atoms with E-state index in [2.05, 4.69) is 19.9 Å². The molecule has 4 aromatic rings. The second kappa shape index (κ2) is 5.41. The molecule has 1 aromatic carbocycles. The number of nitrogens with one attached hydrogen (secondary N) is 1. The SMILES string of the molecule is O=c1[nH]c2cccnc2n1-c1cnc(Oc2cccc3c2C2(CC2)CO3)nc1. The number of rotatable bonds is 3. The van der Waals surface area contributed by atoms with Gasteiger partial charge in [-0.3, -0.25) is 0 Å². The van der Waals surface area contributed by atoms with Gasteiger partial charge in [-0.15, -0.1) is 0 Å². The van der Waals surface area contributed by atoms with Gasteiger partial charge in [-0.2, -0.15) is 0 Å². The highest BCUT2D eigenvalue weighted by Crippen LogP contribution is 2.58. The van der Waals surface area contributed by atoms with E-state index in [1.807, 2.05) is 18.2 Å². The van der Waals surface area contributed by atoms with Gasteiger partial charge in [0.05, 0.1) is 30.2 Å². The van der Waals surface area contributed by atoms with Crippen LogP contribution in [0.3, 0.4) is 0 Å². The molecule has 28 heavy (non-hydrogen) atoms. The van der Waals surface area contributed by atoms with Gasteiger partial charge >= 0.3 is 11.7 Å². The van der Waals surface area contributed by atoms with Gasteiger partial charge in [0.25, 0.3) is 0 Å². The van der Waals surface area contributed by atoms with Crippen molar-refractivity contribution in [2.75, 3.05) is 6.61 Å². The third-order valence-electron chi connectivity index (χ3n) is 5.39. The molecule has 1 aliphatic heterocycles. The molecule has 1 saturated carbocycles. The molecule has 1 aliphatic carbocycles. The third-order valence-corrected chi connectivity index (χ3v) is 5.39. The summed E-state index contributed by atoms with van der Waals surface area (Å²) in [5.74, 6) is 1.61. The molecule has 4 heterocycles. The van der Waals surface area contributed by atoms with E-state index in [1.54, 1.807) is 30.7 Å². The van der Waals surface area contributed by atoms with Crippen LogP contribution in [-0.2, 0) is 5.41 Å². The zero-order valence-electron chi connectivity index (χ0n) is 14.8. The quantitative estimate of drug-likeness (QED) is 0.593. The van der Waals surface area contributed by atoms with E-state index < -0.39 is 0 Å². The van der Waals surface area contributed by atoms with Crippen molar-refractivity contribution in [1.29, 1.82) is 0 Å². The van der Waals surface area contributed by atoms with Crippen LogP contribution in [0, 0.1) is 0 Å². The molecule has 2 aliphatic rings. The summed E-state index contributed by atoms with van der Waals surface area (Å²) in [4.78, 5) is 27.9. The Morgan fingerprint density at radius 2 is 1.96 bits per heavy atom. The Bertz CT molecular complexity index is 1270. The van der Waals surface area contributed by atoms with Crippen molar-refractivity contribution in [2.45, 2.75) is 18.3 Å². The van der Waals surface area contributed by atoms with Crippen LogP contribution in [0.15, 0.2) is 53.7 Å². The fourth-order valence-electron chi connectivity index (χ4n) is 3.83. The molecule has 1 spiro atoms. The number of H-pyrrole nitrogens is 1. The van der Waals surface area contributed by atoms with Crippen molar-refractivity contribution in [2.24, 2.45) is 0 Å². The summed E-state index contributed by atoms with van der Waals surface area (Å²) in [6.45, 7) is 0.707. The average molecular weight is 373 g/mol. The number of nitrogens with zero attached hydrogens (tertiary/aromatic N) is 4. The van der Waals surface area contributed by atoms with Gasteiger partial charge in [-0.1, -0.05) is 6.07 Å². The van der Waals surface area contributed by atoms with Crippen molar-refractivity contribution in [3.05, 3.63) is 65.0 Å². The number of ether oxygens (including phenoxy) is 2. The summed E-state index contributed by atoms with van der Waals surface area (Å²) < 4.78 is 13.2. The maximum absolute atomic E-state index is 12.3. The van der Waals surface area contributed by atoms with E-state index in [1.165, 1.54) is 4.57 Å². The fourth-order valence-corrected chi connectivity index (χ4v) is 3.83. The van der Waals surface area contributed by atoms with E-state index in [0.29, 0.717) is 23.5 Å². The van der Waals surface area contributed by atoms with Gasteiger partial charge in [0.15, 0.2) is 5.65 Å². The topological polar surface area (TPSA) is 94.9 Å². The largest absolute Gasteiger partial charge is 0.492 e. The lowest BCUT2D eigenvalue weighted by Gasteiger charge is -2.11. The molecule has 138 valence electrons. The zero-order chi connectivity index (χ0) is 18.7. The first-order valence-electron chi connectivity index (χ1n) is 9.06. The van der Waals surface area contributed by atoms with Crippen LogP contribution >= 0.6 is 0 Å². The predicted molar refractivity (Wildman–Crippen MR) is 100 cm³/mol. The molecule has 1 N–H and O–H groups in total. The Balaban J connectivity index is 1.36. The number of hydrogen-bond donors (Lipinski definition) is 1. The lowest BCUT2D eigenvalue weighted by molar-refractivity contribution is 0.323. The van der Waals surface area contributed by atoms with Crippen LogP contribution in [0.2, 0.25) is 0 Å². The number of imidazole rings is 1. The average Bonchev–Trinajstić information content (AvgIpc) is 3.28. The predicted octanol–water partition coefficient (Wildman–Crippen LogP) is 2.72. The van der Waals surface area contributed by atoms with Crippen LogP contribution in [0.1, 0.15) is 18.4 Å². The Morgan fingerprint density at radius 3 is 2.79 bits per heavy atom. The number of aromatic amines is 1. The number of benzene rings is 1. The van der Waals surface area contributed by atoms with Crippen molar-refractivity contribution in [3.63, 3.8) is 0 Å². The summed E-state index contributed by atoms with van der Waals surface area (Å²) in [7, 11) is 0. The number of pyridine rings is 1. The molecule has 0 saturated heterocycles. The molecule has 1 fully saturated rings. The molecular weight excluding hydrogens is 358 g/mol. The van der Waals surface area contributed by atoms with Crippen LogP contribution < -0.4 is 15.2 Å². The van der Waals surface area contributed by atoms with Gasteiger partial charge in [0, 0.05) is 17.2 Å². The van der Waals surface area contributed by atoms with Crippen LogP contribution in [0.5, 0.6) is 17.5 Å². The van der Waals surface area contributed by atoms with E-state index in [4.69, 9.17) is 9.47 Å². The molecule has 6 rings (SSSR count). The normalized spacial score (nSPS) is 16.1. The fraction of sp³-hybridized carbons (Fsp3) is 0.200. The molecule has 0 bridgehead atoms. The minimum absolute atomic E-state index is 0.0921. The number of hydrogen-bond acceptors (Lipinski definition) is 6. The van der Waals surface area contributed by atoms with Crippen LogP contribution in [-0.4, -0.2) is 31.1 Å². The summed E-state index contributed by atoms with van der Waals surface area (Å²) in [5, 5.41) is 0. The van der Waals surface area contributed by atoms with Gasteiger partial charge < -0.3 is 14.5 Å². The molecule has 8 heteroatoms. The first-order chi connectivity index (χ1) is 13.7. The summed E-state index contributed by atoms with van der Waals surface area (Å²) in [6.07, 6.45) is 6.96. The molecule has 0 unspecified atom stereocenters. The highest BCUT2D eigenvalue weighted by molar-refractivity contribution is 5.72. The van der Waals surface area contributed by atoms with Crippen molar-refractivity contribution in [3.8, 4) is 23.2 Å². The van der Waals surface area contributed by atoms with Crippen LogP contribution in [0.25, 0.3) is 16.9 Å².